The van der Waals surface area contributed by atoms with E-state index in [1.54, 1.807) is 18.2 Å². The number of aromatic nitrogens is 1. The average molecular weight is 286 g/mol. The Morgan fingerprint density at radius 2 is 2.10 bits per heavy atom. The van der Waals surface area contributed by atoms with E-state index in [4.69, 9.17) is 15.2 Å². The molecule has 0 fully saturated rings. The first kappa shape index (κ1) is 14.5. The number of primary amides is 1. The van der Waals surface area contributed by atoms with Crippen LogP contribution in [-0.4, -0.2) is 23.8 Å². The highest BCUT2D eigenvalue weighted by molar-refractivity contribution is 5.92. The molecule has 0 bridgehead atoms. The number of nitrogens with two attached hydrogens (primary N) is 1. The van der Waals surface area contributed by atoms with E-state index in [1.165, 1.54) is 18.3 Å². The minimum Gasteiger partial charge on any atom is -0.490 e. The van der Waals surface area contributed by atoms with Gasteiger partial charge in [-0.3, -0.25) is 9.59 Å². The fourth-order valence-corrected chi connectivity index (χ4v) is 1.65. The van der Waals surface area contributed by atoms with E-state index >= 15 is 0 Å². The van der Waals surface area contributed by atoms with Crippen LogP contribution in [0.15, 0.2) is 36.5 Å². The lowest BCUT2D eigenvalue weighted by molar-refractivity contribution is 0.0999. The highest BCUT2D eigenvalue weighted by Gasteiger charge is 2.09. The van der Waals surface area contributed by atoms with E-state index in [9.17, 15) is 9.59 Å². The Hall–Kier alpha value is -2.89. The quantitative estimate of drug-likeness (QED) is 0.822. The summed E-state index contributed by atoms with van der Waals surface area (Å²) in [5, 5.41) is 0. The van der Waals surface area contributed by atoms with Crippen LogP contribution in [0.1, 0.15) is 27.6 Å². The molecule has 1 aromatic heterocycles. The fourth-order valence-electron chi connectivity index (χ4n) is 1.65. The molecule has 0 saturated carbocycles. The Kier molecular flexibility index (Phi) is 4.50. The van der Waals surface area contributed by atoms with Gasteiger partial charge >= 0.3 is 0 Å². The monoisotopic (exact) mass is 286 g/mol. The third-order valence-corrected chi connectivity index (χ3v) is 2.64. The van der Waals surface area contributed by atoms with Crippen LogP contribution >= 0.6 is 0 Å². The lowest BCUT2D eigenvalue weighted by Crippen LogP contribution is -2.10. The van der Waals surface area contributed by atoms with Crippen molar-refractivity contribution in [2.75, 3.05) is 6.61 Å². The SMILES string of the molecule is CCOc1cc(C=O)ccc1Oc1ccc(C(N)=O)cn1. The average Bonchev–Trinajstić information content (AvgIpc) is 2.49. The smallest absolute Gasteiger partial charge is 0.250 e. The summed E-state index contributed by atoms with van der Waals surface area (Å²) in [5.74, 6) is 0.615. The molecule has 6 nitrogen and oxygen atoms in total. The second-order valence-corrected chi connectivity index (χ2v) is 4.11. The summed E-state index contributed by atoms with van der Waals surface area (Å²) in [7, 11) is 0. The molecular formula is C15H14N2O4. The van der Waals surface area contributed by atoms with Crippen molar-refractivity contribution in [3.05, 3.63) is 47.7 Å². The topological polar surface area (TPSA) is 91.5 Å². The van der Waals surface area contributed by atoms with Crippen molar-refractivity contribution in [2.45, 2.75) is 6.92 Å². The van der Waals surface area contributed by atoms with Crippen LogP contribution in [-0.2, 0) is 0 Å². The maximum Gasteiger partial charge on any atom is 0.250 e. The van der Waals surface area contributed by atoms with Crippen molar-refractivity contribution in [3.8, 4) is 17.4 Å². The van der Waals surface area contributed by atoms with Crippen molar-refractivity contribution >= 4 is 12.2 Å². The Morgan fingerprint density at radius 3 is 2.67 bits per heavy atom. The summed E-state index contributed by atoms with van der Waals surface area (Å²) in [4.78, 5) is 25.7. The zero-order valence-corrected chi connectivity index (χ0v) is 11.4. The van der Waals surface area contributed by atoms with Gasteiger partial charge in [-0.2, -0.15) is 0 Å². The third-order valence-electron chi connectivity index (χ3n) is 2.64. The molecule has 0 aliphatic rings. The summed E-state index contributed by atoms with van der Waals surface area (Å²) >= 11 is 0. The molecule has 0 atom stereocenters. The first-order valence-electron chi connectivity index (χ1n) is 6.29. The van der Waals surface area contributed by atoms with Gasteiger partial charge in [0.2, 0.25) is 11.8 Å². The van der Waals surface area contributed by atoms with Gasteiger partial charge in [-0.25, -0.2) is 4.98 Å². The van der Waals surface area contributed by atoms with Gasteiger partial charge in [0.1, 0.15) is 6.29 Å². The normalized spacial score (nSPS) is 9.95. The van der Waals surface area contributed by atoms with Gasteiger partial charge in [0.15, 0.2) is 11.5 Å². The van der Waals surface area contributed by atoms with E-state index in [0.717, 1.165) is 6.29 Å². The number of rotatable bonds is 6. The summed E-state index contributed by atoms with van der Waals surface area (Å²) in [5.41, 5.74) is 5.92. The molecule has 0 saturated heterocycles. The van der Waals surface area contributed by atoms with Crippen LogP contribution in [0.5, 0.6) is 17.4 Å². The molecule has 0 aliphatic carbocycles. The molecule has 0 aliphatic heterocycles. The first-order chi connectivity index (χ1) is 10.1. The number of ether oxygens (including phenoxy) is 2. The summed E-state index contributed by atoms with van der Waals surface area (Å²) < 4.78 is 11.0. The van der Waals surface area contributed by atoms with E-state index < -0.39 is 5.91 Å². The van der Waals surface area contributed by atoms with Crippen LogP contribution in [0.4, 0.5) is 0 Å². The van der Waals surface area contributed by atoms with Crippen molar-refractivity contribution in [1.82, 2.24) is 4.98 Å². The summed E-state index contributed by atoms with van der Waals surface area (Å²) in [6, 6.07) is 7.87. The zero-order chi connectivity index (χ0) is 15.2. The molecule has 21 heavy (non-hydrogen) atoms. The molecular weight excluding hydrogens is 272 g/mol. The lowest BCUT2D eigenvalue weighted by Gasteiger charge is -2.11. The lowest BCUT2D eigenvalue weighted by atomic mass is 10.2. The second-order valence-electron chi connectivity index (χ2n) is 4.11. The first-order valence-corrected chi connectivity index (χ1v) is 6.29. The van der Waals surface area contributed by atoms with E-state index in [-0.39, 0.29) is 0 Å². The van der Waals surface area contributed by atoms with Gasteiger partial charge in [-0.05, 0) is 31.2 Å². The Labute approximate surface area is 121 Å². The number of hydrogen-bond acceptors (Lipinski definition) is 5. The van der Waals surface area contributed by atoms with Crippen molar-refractivity contribution in [2.24, 2.45) is 5.73 Å². The fraction of sp³-hybridized carbons (Fsp3) is 0.133. The summed E-state index contributed by atoms with van der Waals surface area (Å²) in [6.07, 6.45) is 2.06. The van der Waals surface area contributed by atoms with Crippen molar-refractivity contribution in [1.29, 1.82) is 0 Å². The molecule has 2 N–H and O–H groups in total. The number of carbonyl (C=O) groups excluding carboxylic acids is 2. The Balaban J connectivity index is 2.25. The number of aldehydes is 1. The van der Waals surface area contributed by atoms with Gasteiger partial charge in [-0.15, -0.1) is 0 Å². The van der Waals surface area contributed by atoms with Gasteiger partial charge in [0.25, 0.3) is 0 Å². The number of pyridine rings is 1. The number of benzene rings is 1. The zero-order valence-electron chi connectivity index (χ0n) is 11.4. The summed E-state index contributed by atoms with van der Waals surface area (Å²) in [6.45, 7) is 2.27. The molecule has 108 valence electrons. The van der Waals surface area contributed by atoms with E-state index in [1.807, 2.05) is 6.92 Å². The number of amides is 1. The van der Waals surface area contributed by atoms with E-state index in [2.05, 4.69) is 4.98 Å². The molecule has 1 heterocycles. The predicted octanol–water partition coefficient (Wildman–Crippen LogP) is 2.18. The van der Waals surface area contributed by atoms with Crippen LogP contribution in [0.25, 0.3) is 0 Å². The van der Waals surface area contributed by atoms with Crippen LogP contribution in [0.3, 0.4) is 0 Å². The molecule has 0 spiro atoms. The van der Waals surface area contributed by atoms with Crippen LogP contribution in [0, 0.1) is 0 Å². The van der Waals surface area contributed by atoms with E-state index in [0.29, 0.717) is 35.1 Å². The number of carbonyl (C=O) groups is 2. The van der Waals surface area contributed by atoms with Crippen molar-refractivity contribution < 1.29 is 19.1 Å². The number of hydrogen-bond donors (Lipinski definition) is 1. The molecule has 1 aromatic carbocycles. The predicted molar refractivity (Wildman–Crippen MR) is 75.8 cm³/mol. The largest absolute Gasteiger partial charge is 0.490 e. The molecule has 2 rings (SSSR count). The Morgan fingerprint density at radius 1 is 1.29 bits per heavy atom. The van der Waals surface area contributed by atoms with Gasteiger partial charge in [0, 0.05) is 17.8 Å². The Bertz CT molecular complexity index is 653. The third kappa shape index (κ3) is 3.56. The number of nitrogens with zero attached hydrogens (tertiary/aromatic N) is 1. The van der Waals surface area contributed by atoms with Gasteiger partial charge < -0.3 is 15.2 Å². The molecule has 0 radical (unpaired) electrons. The maximum absolute atomic E-state index is 11.0. The minimum atomic E-state index is -0.556. The van der Waals surface area contributed by atoms with Gasteiger partial charge in [-0.1, -0.05) is 0 Å². The highest BCUT2D eigenvalue weighted by Crippen LogP contribution is 2.31. The second kappa shape index (κ2) is 6.51. The standard InChI is InChI=1S/C15H14N2O4/c1-2-20-13-7-10(9-18)3-5-12(13)21-14-6-4-11(8-17-14)15(16)19/h3-9H,2H2,1H3,(H2,16,19). The molecule has 1 amide bonds. The maximum atomic E-state index is 11.0. The molecule has 6 heteroatoms. The van der Waals surface area contributed by atoms with Crippen molar-refractivity contribution in [3.63, 3.8) is 0 Å². The molecule has 2 aromatic rings. The minimum absolute atomic E-state index is 0.291. The molecule has 0 unspecified atom stereocenters. The van der Waals surface area contributed by atoms with Crippen LogP contribution in [0.2, 0.25) is 0 Å². The highest BCUT2D eigenvalue weighted by atomic mass is 16.5. The van der Waals surface area contributed by atoms with Crippen LogP contribution < -0.4 is 15.2 Å². The van der Waals surface area contributed by atoms with Gasteiger partial charge in [0.05, 0.1) is 12.2 Å².